The van der Waals surface area contributed by atoms with Gasteiger partial charge in [0.1, 0.15) is 5.75 Å². The third-order valence-corrected chi connectivity index (χ3v) is 4.15. The first kappa shape index (κ1) is 14.4. The van der Waals surface area contributed by atoms with E-state index in [2.05, 4.69) is 45.1 Å². The summed E-state index contributed by atoms with van der Waals surface area (Å²) in [6.07, 6.45) is 1.25. The van der Waals surface area contributed by atoms with Gasteiger partial charge in [-0.15, -0.1) is 0 Å². The lowest BCUT2D eigenvalue weighted by molar-refractivity contribution is 0.400. The van der Waals surface area contributed by atoms with Gasteiger partial charge >= 0.3 is 0 Å². The Morgan fingerprint density at radius 2 is 1.68 bits per heavy atom. The molecule has 1 aliphatic rings. The molecule has 0 aliphatic carbocycles. The molecule has 2 rings (SSSR count). The summed E-state index contributed by atoms with van der Waals surface area (Å²) in [6, 6.07) is 4.74. The minimum atomic E-state index is 0.502. The molecule has 1 atom stereocenters. The van der Waals surface area contributed by atoms with Gasteiger partial charge in [-0.2, -0.15) is 0 Å². The number of rotatable bonds is 4. The van der Waals surface area contributed by atoms with E-state index in [1.54, 1.807) is 7.11 Å². The molecular formula is C17H27NO. The Morgan fingerprint density at radius 1 is 1.11 bits per heavy atom. The highest BCUT2D eigenvalue weighted by Gasteiger charge is 2.22. The second-order valence-corrected chi connectivity index (χ2v) is 6.23. The first-order valence-corrected chi connectivity index (χ1v) is 7.47. The molecule has 2 heteroatoms. The highest BCUT2D eigenvalue weighted by atomic mass is 16.5. The van der Waals surface area contributed by atoms with Crippen LogP contribution in [0, 0.1) is 0 Å². The van der Waals surface area contributed by atoms with Crippen LogP contribution in [-0.2, 0) is 0 Å². The van der Waals surface area contributed by atoms with Crippen molar-refractivity contribution in [1.29, 1.82) is 0 Å². The predicted octanol–water partition coefficient (Wildman–Crippen LogP) is 4.02. The number of ether oxygens (including phenoxy) is 1. The molecule has 1 N–H and O–H groups in total. The Morgan fingerprint density at radius 3 is 2.05 bits per heavy atom. The van der Waals surface area contributed by atoms with E-state index < -0.39 is 0 Å². The summed E-state index contributed by atoms with van der Waals surface area (Å²) in [5.41, 5.74) is 4.20. The quantitative estimate of drug-likeness (QED) is 0.884. The van der Waals surface area contributed by atoms with Crippen LogP contribution in [0.4, 0.5) is 0 Å². The van der Waals surface area contributed by atoms with Crippen molar-refractivity contribution >= 4 is 0 Å². The fraction of sp³-hybridized carbons (Fsp3) is 0.647. The molecule has 0 bridgehead atoms. The Labute approximate surface area is 117 Å². The molecule has 0 amide bonds. The van der Waals surface area contributed by atoms with E-state index in [0.717, 1.165) is 18.8 Å². The maximum Gasteiger partial charge on any atom is 0.125 e. The number of methoxy groups -OCH3 is 1. The van der Waals surface area contributed by atoms with Crippen molar-refractivity contribution in [3.8, 4) is 5.75 Å². The molecule has 1 heterocycles. The van der Waals surface area contributed by atoms with Crippen molar-refractivity contribution in [3.05, 3.63) is 28.8 Å². The second-order valence-electron chi connectivity index (χ2n) is 6.23. The van der Waals surface area contributed by atoms with Crippen LogP contribution < -0.4 is 10.1 Å². The SMILES string of the molecule is COc1c(C(C)C)cc(C2CCNC2)cc1C(C)C. The van der Waals surface area contributed by atoms with E-state index in [1.165, 1.54) is 23.1 Å². The molecule has 1 aromatic carbocycles. The van der Waals surface area contributed by atoms with Crippen LogP contribution in [0.5, 0.6) is 5.75 Å². The molecular weight excluding hydrogens is 234 g/mol. The van der Waals surface area contributed by atoms with Gasteiger partial charge in [-0.1, -0.05) is 39.8 Å². The van der Waals surface area contributed by atoms with Crippen LogP contribution in [-0.4, -0.2) is 20.2 Å². The number of hydrogen-bond donors (Lipinski definition) is 1. The first-order chi connectivity index (χ1) is 9.04. The largest absolute Gasteiger partial charge is 0.496 e. The lowest BCUT2D eigenvalue weighted by Crippen LogP contribution is -2.09. The van der Waals surface area contributed by atoms with Crippen LogP contribution in [0.3, 0.4) is 0 Å². The molecule has 1 saturated heterocycles. The molecule has 1 fully saturated rings. The monoisotopic (exact) mass is 261 g/mol. The van der Waals surface area contributed by atoms with Gasteiger partial charge in [-0.05, 0) is 47.4 Å². The average Bonchev–Trinajstić information content (AvgIpc) is 2.90. The lowest BCUT2D eigenvalue weighted by atomic mass is 9.87. The number of hydrogen-bond acceptors (Lipinski definition) is 2. The maximum absolute atomic E-state index is 5.70. The van der Waals surface area contributed by atoms with E-state index in [1.807, 2.05) is 0 Å². The normalized spacial score (nSPS) is 19.4. The first-order valence-electron chi connectivity index (χ1n) is 7.47. The van der Waals surface area contributed by atoms with E-state index >= 15 is 0 Å². The van der Waals surface area contributed by atoms with Gasteiger partial charge in [0.2, 0.25) is 0 Å². The maximum atomic E-state index is 5.70. The summed E-state index contributed by atoms with van der Waals surface area (Å²) < 4.78 is 5.70. The van der Waals surface area contributed by atoms with Gasteiger partial charge < -0.3 is 10.1 Å². The Hall–Kier alpha value is -1.02. The summed E-state index contributed by atoms with van der Waals surface area (Å²) in [5, 5.41) is 3.47. The van der Waals surface area contributed by atoms with Crippen molar-refractivity contribution < 1.29 is 4.74 Å². The standard InChI is InChI=1S/C17H27NO/c1-11(2)15-8-14(13-6-7-18-10-13)9-16(12(3)4)17(15)19-5/h8-9,11-13,18H,6-7,10H2,1-5H3. The van der Waals surface area contributed by atoms with Gasteiger partial charge in [0.05, 0.1) is 7.11 Å². The fourth-order valence-corrected chi connectivity index (χ4v) is 2.97. The summed E-state index contributed by atoms with van der Waals surface area (Å²) in [7, 11) is 1.80. The van der Waals surface area contributed by atoms with Crippen LogP contribution in [0.15, 0.2) is 12.1 Å². The van der Waals surface area contributed by atoms with Crippen LogP contribution in [0.25, 0.3) is 0 Å². The van der Waals surface area contributed by atoms with Crippen LogP contribution in [0.2, 0.25) is 0 Å². The highest BCUT2D eigenvalue weighted by molar-refractivity contribution is 5.48. The summed E-state index contributed by atoms with van der Waals surface area (Å²) >= 11 is 0. The summed E-state index contributed by atoms with van der Waals surface area (Å²) in [5.74, 6) is 2.77. The van der Waals surface area contributed by atoms with E-state index in [4.69, 9.17) is 4.74 Å². The Bertz CT molecular complexity index is 402. The van der Waals surface area contributed by atoms with Crippen LogP contribution in [0.1, 0.15) is 68.6 Å². The van der Waals surface area contributed by atoms with Gasteiger partial charge in [-0.25, -0.2) is 0 Å². The minimum Gasteiger partial charge on any atom is -0.496 e. The van der Waals surface area contributed by atoms with Gasteiger partial charge in [0.15, 0.2) is 0 Å². The lowest BCUT2D eigenvalue weighted by Gasteiger charge is -2.22. The molecule has 1 aliphatic heterocycles. The van der Waals surface area contributed by atoms with Crippen molar-refractivity contribution in [1.82, 2.24) is 5.32 Å². The van der Waals surface area contributed by atoms with E-state index in [9.17, 15) is 0 Å². The van der Waals surface area contributed by atoms with Gasteiger partial charge in [0.25, 0.3) is 0 Å². The molecule has 2 nitrogen and oxygen atoms in total. The minimum absolute atomic E-state index is 0.502. The smallest absolute Gasteiger partial charge is 0.125 e. The topological polar surface area (TPSA) is 21.3 Å². The summed E-state index contributed by atoms with van der Waals surface area (Å²) in [6.45, 7) is 11.3. The third-order valence-electron chi connectivity index (χ3n) is 4.15. The molecule has 19 heavy (non-hydrogen) atoms. The molecule has 0 spiro atoms. The Balaban J connectivity index is 2.51. The van der Waals surface area contributed by atoms with Crippen molar-refractivity contribution in [2.75, 3.05) is 20.2 Å². The zero-order valence-corrected chi connectivity index (χ0v) is 12.9. The number of benzene rings is 1. The van der Waals surface area contributed by atoms with Gasteiger partial charge in [-0.3, -0.25) is 0 Å². The van der Waals surface area contributed by atoms with Crippen molar-refractivity contribution in [2.45, 2.75) is 51.9 Å². The molecule has 0 saturated carbocycles. The molecule has 106 valence electrons. The number of nitrogens with one attached hydrogen (secondary N) is 1. The molecule has 1 unspecified atom stereocenters. The van der Waals surface area contributed by atoms with Crippen molar-refractivity contribution in [3.63, 3.8) is 0 Å². The molecule has 0 aromatic heterocycles. The predicted molar refractivity (Wildman–Crippen MR) is 81.4 cm³/mol. The van der Waals surface area contributed by atoms with Gasteiger partial charge in [0, 0.05) is 6.54 Å². The summed E-state index contributed by atoms with van der Waals surface area (Å²) in [4.78, 5) is 0. The molecule has 1 aromatic rings. The zero-order valence-electron chi connectivity index (χ0n) is 12.9. The van der Waals surface area contributed by atoms with E-state index in [0.29, 0.717) is 17.8 Å². The Kier molecular flexibility index (Phi) is 4.51. The fourth-order valence-electron chi connectivity index (χ4n) is 2.97. The van der Waals surface area contributed by atoms with Crippen molar-refractivity contribution in [2.24, 2.45) is 0 Å². The van der Waals surface area contributed by atoms with E-state index in [-0.39, 0.29) is 0 Å². The average molecular weight is 261 g/mol. The molecule has 0 radical (unpaired) electrons. The van der Waals surface area contributed by atoms with Crippen LogP contribution >= 0.6 is 0 Å². The third kappa shape index (κ3) is 2.94. The second kappa shape index (κ2) is 5.96. The highest BCUT2D eigenvalue weighted by Crippen LogP contribution is 2.38. The zero-order chi connectivity index (χ0) is 14.0.